The molecule has 1 saturated heterocycles. The van der Waals surface area contributed by atoms with Gasteiger partial charge in [-0.05, 0) is 44.7 Å². The maximum Gasteiger partial charge on any atom is 0.309 e. The number of benzene rings is 1. The number of carbonyl (C=O) groups is 1. The molecule has 0 spiro atoms. The minimum atomic E-state index is -0.0637. The number of hydrogen-bond donors (Lipinski definition) is 1. The SMILES string of the molecule is CCNC(=NCc1ccc(COCC)cc1)N1CCC(C(=O)OCC)CC1.I. The van der Waals surface area contributed by atoms with Crippen molar-refractivity contribution in [3.63, 3.8) is 0 Å². The smallest absolute Gasteiger partial charge is 0.309 e. The van der Waals surface area contributed by atoms with Crippen LogP contribution in [-0.2, 0) is 27.4 Å². The molecule has 1 aromatic rings. The van der Waals surface area contributed by atoms with Gasteiger partial charge in [0.05, 0.1) is 25.7 Å². The number of likely N-dealkylation sites (tertiary alicyclic amines) is 1. The second kappa shape index (κ2) is 13.8. The average Bonchev–Trinajstić information content (AvgIpc) is 2.70. The van der Waals surface area contributed by atoms with Gasteiger partial charge in [0.2, 0.25) is 0 Å². The molecular weight excluding hydrogens is 469 g/mol. The van der Waals surface area contributed by atoms with E-state index in [1.54, 1.807) is 0 Å². The van der Waals surface area contributed by atoms with E-state index in [-0.39, 0.29) is 35.9 Å². The summed E-state index contributed by atoms with van der Waals surface area (Å²) >= 11 is 0. The molecule has 0 bridgehead atoms. The summed E-state index contributed by atoms with van der Waals surface area (Å²) in [5.74, 6) is 0.867. The van der Waals surface area contributed by atoms with E-state index in [2.05, 4.69) is 41.4 Å². The van der Waals surface area contributed by atoms with E-state index in [4.69, 9.17) is 14.5 Å². The van der Waals surface area contributed by atoms with Crippen LogP contribution < -0.4 is 5.32 Å². The number of guanidine groups is 1. The first-order valence-electron chi connectivity index (χ1n) is 10.0. The normalized spacial score (nSPS) is 15.1. The van der Waals surface area contributed by atoms with Gasteiger partial charge in [-0.25, -0.2) is 4.99 Å². The molecule has 0 aliphatic carbocycles. The van der Waals surface area contributed by atoms with Gasteiger partial charge >= 0.3 is 5.97 Å². The molecule has 1 aromatic carbocycles. The first-order valence-corrected chi connectivity index (χ1v) is 10.0. The van der Waals surface area contributed by atoms with E-state index in [1.165, 1.54) is 11.1 Å². The predicted molar refractivity (Wildman–Crippen MR) is 123 cm³/mol. The number of piperidine rings is 1. The second-order valence-electron chi connectivity index (χ2n) is 6.64. The predicted octanol–water partition coefficient (Wildman–Crippen LogP) is 3.58. The number of halogens is 1. The van der Waals surface area contributed by atoms with E-state index < -0.39 is 0 Å². The van der Waals surface area contributed by atoms with Crippen LogP contribution in [0.3, 0.4) is 0 Å². The number of ether oxygens (including phenoxy) is 2. The standard InChI is InChI=1S/C21H33N3O3.HI/c1-4-22-21(24-13-11-19(12-14-24)20(25)27-6-3)23-15-17-7-9-18(10-8-17)16-26-5-2;/h7-10,19H,4-6,11-16H2,1-3H3,(H,22,23);1H. The lowest BCUT2D eigenvalue weighted by atomic mass is 9.97. The molecule has 0 atom stereocenters. The van der Waals surface area contributed by atoms with Crippen LogP contribution >= 0.6 is 24.0 Å². The number of nitrogens with zero attached hydrogens (tertiary/aromatic N) is 2. The third-order valence-corrected chi connectivity index (χ3v) is 4.66. The molecule has 28 heavy (non-hydrogen) atoms. The maximum atomic E-state index is 11.9. The van der Waals surface area contributed by atoms with Crippen molar-refractivity contribution < 1.29 is 14.3 Å². The number of rotatable bonds is 8. The molecule has 0 unspecified atom stereocenters. The quantitative estimate of drug-likeness (QED) is 0.254. The van der Waals surface area contributed by atoms with Crippen LogP contribution in [0, 0.1) is 5.92 Å². The first-order chi connectivity index (χ1) is 13.2. The molecule has 1 heterocycles. The third kappa shape index (κ3) is 7.95. The van der Waals surface area contributed by atoms with Crippen molar-refractivity contribution in [1.29, 1.82) is 0 Å². The van der Waals surface area contributed by atoms with Crippen LogP contribution in [0.5, 0.6) is 0 Å². The van der Waals surface area contributed by atoms with Gasteiger partial charge in [-0.1, -0.05) is 24.3 Å². The molecule has 1 N–H and O–H groups in total. The lowest BCUT2D eigenvalue weighted by molar-refractivity contribution is -0.149. The van der Waals surface area contributed by atoms with Crippen LogP contribution in [0.1, 0.15) is 44.7 Å². The third-order valence-electron chi connectivity index (χ3n) is 4.66. The molecule has 7 heteroatoms. The Hall–Kier alpha value is -1.35. The lowest BCUT2D eigenvalue weighted by Gasteiger charge is -2.33. The number of aliphatic imine (C=N–C) groups is 1. The van der Waals surface area contributed by atoms with Crippen LogP contribution in [0.2, 0.25) is 0 Å². The van der Waals surface area contributed by atoms with Crippen LogP contribution in [0.15, 0.2) is 29.3 Å². The Morgan fingerprint density at radius 1 is 1.11 bits per heavy atom. The molecule has 0 saturated carbocycles. The van der Waals surface area contributed by atoms with E-state index in [1.807, 2.05) is 13.8 Å². The number of esters is 1. The Bertz CT molecular complexity index is 599. The van der Waals surface area contributed by atoms with E-state index in [9.17, 15) is 4.79 Å². The highest BCUT2D eigenvalue weighted by Gasteiger charge is 2.27. The van der Waals surface area contributed by atoms with Gasteiger partial charge in [-0.15, -0.1) is 24.0 Å². The minimum Gasteiger partial charge on any atom is -0.466 e. The highest BCUT2D eigenvalue weighted by molar-refractivity contribution is 14.0. The molecule has 158 valence electrons. The van der Waals surface area contributed by atoms with Gasteiger partial charge in [-0.2, -0.15) is 0 Å². The van der Waals surface area contributed by atoms with Crippen LogP contribution in [0.25, 0.3) is 0 Å². The topological polar surface area (TPSA) is 63.2 Å². The van der Waals surface area contributed by atoms with Gasteiger partial charge in [0, 0.05) is 26.2 Å². The van der Waals surface area contributed by atoms with E-state index in [0.717, 1.165) is 45.0 Å². The summed E-state index contributed by atoms with van der Waals surface area (Å²) in [6, 6.07) is 8.40. The van der Waals surface area contributed by atoms with Crippen molar-refractivity contribution in [2.45, 2.75) is 46.8 Å². The number of hydrogen-bond acceptors (Lipinski definition) is 4. The summed E-state index contributed by atoms with van der Waals surface area (Å²) < 4.78 is 10.6. The monoisotopic (exact) mass is 503 g/mol. The molecule has 2 rings (SSSR count). The van der Waals surface area contributed by atoms with Gasteiger partial charge in [0.1, 0.15) is 0 Å². The van der Waals surface area contributed by atoms with Crippen LogP contribution in [0.4, 0.5) is 0 Å². The van der Waals surface area contributed by atoms with Crippen molar-refractivity contribution in [2.75, 3.05) is 32.8 Å². The summed E-state index contributed by atoms with van der Waals surface area (Å²) in [5.41, 5.74) is 2.35. The zero-order valence-corrected chi connectivity index (χ0v) is 19.6. The minimum absolute atomic E-state index is 0. The van der Waals surface area contributed by atoms with Gasteiger partial charge in [0.15, 0.2) is 5.96 Å². The summed E-state index contributed by atoms with van der Waals surface area (Å²) in [7, 11) is 0. The Labute approximate surface area is 186 Å². The zero-order chi connectivity index (χ0) is 19.5. The Morgan fingerprint density at radius 3 is 2.32 bits per heavy atom. The van der Waals surface area contributed by atoms with Gasteiger partial charge in [-0.3, -0.25) is 4.79 Å². The Morgan fingerprint density at radius 2 is 1.75 bits per heavy atom. The maximum absolute atomic E-state index is 11.9. The zero-order valence-electron chi connectivity index (χ0n) is 17.3. The van der Waals surface area contributed by atoms with Crippen molar-refractivity contribution in [3.8, 4) is 0 Å². The molecule has 1 fully saturated rings. The van der Waals surface area contributed by atoms with Crippen LogP contribution in [-0.4, -0.2) is 49.7 Å². The van der Waals surface area contributed by atoms with Gasteiger partial charge < -0.3 is 19.7 Å². The van der Waals surface area contributed by atoms with Crippen molar-refractivity contribution in [3.05, 3.63) is 35.4 Å². The largest absolute Gasteiger partial charge is 0.466 e. The lowest BCUT2D eigenvalue weighted by Crippen LogP contribution is -2.46. The van der Waals surface area contributed by atoms with Crippen molar-refractivity contribution in [2.24, 2.45) is 10.9 Å². The van der Waals surface area contributed by atoms with E-state index in [0.29, 0.717) is 19.8 Å². The summed E-state index contributed by atoms with van der Waals surface area (Å²) in [6.07, 6.45) is 1.63. The molecule has 0 radical (unpaired) electrons. The highest BCUT2D eigenvalue weighted by Crippen LogP contribution is 2.19. The number of nitrogens with one attached hydrogen (secondary N) is 1. The van der Waals surface area contributed by atoms with E-state index >= 15 is 0 Å². The molecule has 0 amide bonds. The van der Waals surface area contributed by atoms with Crippen molar-refractivity contribution >= 4 is 35.9 Å². The Balaban J connectivity index is 0.00000392. The molecule has 1 aliphatic rings. The molecule has 1 aliphatic heterocycles. The number of carbonyl (C=O) groups excluding carboxylic acids is 1. The molecular formula is C21H34IN3O3. The summed E-state index contributed by atoms with van der Waals surface area (Å²) in [4.78, 5) is 18.9. The average molecular weight is 503 g/mol. The van der Waals surface area contributed by atoms with Gasteiger partial charge in [0.25, 0.3) is 0 Å². The molecule has 6 nitrogen and oxygen atoms in total. The fourth-order valence-corrected chi connectivity index (χ4v) is 3.14. The fraction of sp³-hybridized carbons (Fsp3) is 0.619. The highest BCUT2D eigenvalue weighted by atomic mass is 127. The summed E-state index contributed by atoms with van der Waals surface area (Å²) in [5, 5.41) is 3.37. The fourth-order valence-electron chi connectivity index (χ4n) is 3.14. The summed E-state index contributed by atoms with van der Waals surface area (Å²) in [6.45, 7) is 10.9. The van der Waals surface area contributed by atoms with Crippen molar-refractivity contribution in [1.82, 2.24) is 10.2 Å². The Kier molecular flexibility index (Phi) is 12.1. The first kappa shape index (κ1) is 24.7. The second-order valence-corrected chi connectivity index (χ2v) is 6.64. The molecule has 0 aromatic heterocycles.